The number of hydrogen-bond donors (Lipinski definition) is 2. The topological polar surface area (TPSA) is 99.6 Å². The average Bonchev–Trinajstić information content (AvgIpc) is 3.33. The number of carbonyl (C=O) groups is 1. The van der Waals surface area contributed by atoms with Gasteiger partial charge in [0.25, 0.3) is 10.0 Å². The minimum atomic E-state index is -3.82. The van der Waals surface area contributed by atoms with E-state index in [0.29, 0.717) is 5.69 Å². The lowest BCUT2D eigenvalue weighted by molar-refractivity contribution is 0.0697. The number of carboxylic acid groups (broad SMARTS) is 1. The molecule has 0 atom stereocenters. The third-order valence-corrected chi connectivity index (χ3v) is 7.99. The second kappa shape index (κ2) is 6.53. The van der Waals surface area contributed by atoms with E-state index >= 15 is 0 Å². The van der Waals surface area contributed by atoms with Crippen molar-refractivity contribution in [1.82, 2.24) is 4.98 Å². The molecule has 0 aliphatic carbocycles. The lowest BCUT2D eigenvalue weighted by atomic mass is 10.3. The molecule has 0 unspecified atom stereocenters. The first kappa shape index (κ1) is 17.3. The first-order valence-corrected chi connectivity index (χ1v) is 11.1. The Morgan fingerprint density at radius 3 is 2.69 bits per heavy atom. The number of hydrogen-bond acceptors (Lipinski definition) is 7. The number of rotatable bonds is 5. The largest absolute Gasteiger partial charge is 0.478 e. The van der Waals surface area contributed by atoms with Gasteiger partial charge in [-0.15, -0.1) is 11.3 Å². The molecule has 1 aliphatic rings. The zero-order valence-corrected chi connectivity index (χ0v) is 16.0. The molecule has 1 aliphatic heterocycles. The van der Waals surface area contributed by atoms with Crippen molar-refractivity contribution in [1.29, 1.82) is 0 Å². The van der Waals surface area contributed by atoms with Gasteiger partial charge in [0.05, 0.1) is 21.5 Å². The predicted octanol–water partition coefficient (Wildman–Crippen LogP) is 3.46. The van der Waals surface area contributed by atoms with Gasteiger partial charge in [0.1, 0.15) is 4.21 Å². The third kappa shape index (κ3) is 3.27. The summed E-state index contributed by atoms with van der Waals surface area (Å²) in [7, 11) is -3.82. The summed E-state index contributed by atoms with van der Waals surface area (Å²) in [4.78, 5) is 17.8. The monoisotopic (exact) mass is 409 g/mol. The van der Waals surface area contributed by atoms with Crippen molar-refractivity contribution in [3.8, 4) is 0 Å². The van der Waals surface area contributed by atoms with Crippen LogP contribution in [0.25, 0.3) is 10.2 Å². The molecule has 0 bridgehead atoms. The number of anilines is 2. The van der Waals surface area contributed by atoms with Crippen LogP contribution in [0.4, 0.5) is 10.8 Å². The van der Waals surface area contributed by atoms with E-state index in [-0.39, 0.29) is 9.77 Å². The van der Waals surface area contributed by atoms with Gasteiger partial charge in [0.15, 0.2) is 5.13 Å². The molecular weight excluding hydrogens is 394 g/mol. The molecule has 26 heavy (non-hydrogen) atoms. The van der Waals surface area contributed by atoms with E-state index in [0.717, 1.165) is 45.8 Å². The summed E-state index contributed by atoms with van der Waals surface area (Å²) >= 11 is 2.42. The van der Waals surface area contributed by atoms with Gasteiger partial charge in [-0.1, -0.05) is 11.3 Å². The Morgan fingerprint density at radius 2 is 2.00 bits per heavy atom. The van der Waals surface area contributed by atoms with Crippen molar-refractivity contribution in [3.05, 3.63) is 35.2 Å². The summed E-state index contributed by atoms with van der Waals surface area (Å²) in [6.07, 6.45) is 2.33. The standard InChI is InChI=1S/C16H15N3O4S3/c20-15(21)10-7-14(24-9-10)26(22,23)18-11-3-4-12-13(8-11)25-16(17-12)19-5-1-2-6-19/h3-4,7-9,18H,1-2,5-6H2,(H,20,21). The molecule has 1 saturated heterocycles. The number of aromatic nitrogens is 1. The van der Waals surface area contributed by atoms with E-state index in [9.17, 15) is 13.2 Å². The lowest BCUT2D eigenvalue weighted by Crippen LogP contribution is -2.16. The highest BCUT2D eigenvalue weighted by Crippen LogP contribution is 2.33. The molecule has 2 N–H and O–H groups in total. The molecule has 2 aromatic heterocycles. The molecule has 0 spiro atoms. The first-order valence-electron chi connectivity index (χ1n) is 7.92. The molecule has 4 rings (SSSR count). The summed E-state index contributed by atoms with van der Waals surface area (Å²) in [6.45, 7) is 2.01. The highest BCUT2D eigenvalue weighted by Gasteiger charge is 2.20. The fraction of sp³-hybridized carbons (Fsp3) is 0.250. The average molecular weight is 410 g/mol. The number of nitrogens with zero attached hydrogens (tertiary/aromatic N) is 2. The molecule has 1 fully saturated rings. The van der Waals surface area contributed by atoms with Gasteiger partial charge >= 0.3 is 5.97 Å². The lowest BCUT2D eigenvalue weighted by Gasteiger charge is -2.11. The van der Waals surface area contributed by atoms with Crippen LogP contribution in [0.2, 0.25) is 0 Å². The maximum atomic E-state index is 12.5. The molecule has 136 valence electrons. The van der Waals surface area contributed by atoms with E-state index in [1.165, 1.54) is 18.2 Å². The minimum Gasteiger partial charge on any atom is -0.478 e. The fourth-order valence-corrected chi connectivity index (χ4v) is 6.05. The van der Waals surface area contributed by atoms with E-state index in [1.807, 2.05) is 0 Å². The van der Waals surface area contributed by atoms with Crippen LogP contribution in [-0.4, -0.2) is 37.6 Å². The molecular formula is C16H15N3O4S3. The molecule has 0 saturated carbocycles. The summed E-state index contributed by atoms with van der Waals surface area (Å²) in [5.74, 6) is -1.15. The Balaban J connectivity index is 1.60. The summed E-state index contributed by atoms with van der Waals surface area (Å²) in [5.41, 5.74) is 1.23. The number of fused-ring (bicyclic) bond motifs is 1. The first-order chi connectivity index (χ1) is 12.4. The van der Waals surface area contributed by atoms with Crippen LogP contribution in [0.1, 0.15) is 23.2 Å². The second-order valence-corrected chi connectivity index (χ2v) is 9.77. The van der Waals surface area contributed by atoms with Gasteiger partial charge in [-0.3, -0.25) is 4.72 Å². The van der Waals surface area contributed by atoms with E-state index in [1.54, 1.807) is 29.5 Å². The number of nitrogens with one attached hydrogen (secondary N) is 1. The van der Waals surface area contributed by atoms with Crippen LogP contribution in [0.3, 0.4) is 0 Å². The molecule has 0 amide bonds. The minimum absolute atomic E-state index is 0.0305. The number of carboxylic acids is 1. The Morgan fingerprint density at radius 1 is 1.23 bits per heavy atom. The van der Waals surface area contributed by atoms with E-state index in [2.05, 4.69) is 14.6 Å². The predicted molar refractivity (Wildman–Crippen MR) is 103 cm³/mol. The molecule has 7 nitrogen and oxygen atoms in total. The van der Waals surface area contributed by atoms with Gasteiger partial charge in [0, 0.05) is 18.5 Å². The zero-order valence-electron chi connectivity index (χ0n) is 13.5. The van der Waals surface area contributed by atoms with Crippen LogP contribution in [0.15, 0.2) is 33.9 Å². The normalized spacial score (nSPS) is 14.8. The van der Waals surface area contributed by atoms with E-state index < -0.39 is 16.0 Å². The number of thiazole rings is 1. The molecule has 3 heterocycles. The smallest absolute Gasteiger partial charge is 0.336 e. The maximum absolute atomic E-state index is 12.5. The van der Waals surface area contributed by atoms with E-state index in [4.69, 9.17) is 5.11 Å². The van der Waals surface area contributed by atoms with Crippen LogP contribution in [0, 0.1) is 0 Å². The molecule has 3 aromatic rings. The SMILES string of the molecule is O=C(O)c1csc(S(=O)(=O)Nc2ccc3nc(N4CCCC4)sc3c2)c1. The van der Waals surface area contributed by atoms with Crippen LogP contribution in [-0.2, 0) is 10.0 Å². The Kier molecular flexibility index (Phi) is 4.33. The molecule has 10 heteroatoms. The fourth-order valence-electron chi connectivity index (χ4n) is 2.79. The Hall–Kier alpha value is -2.17. The molecule has 0 radical (unpaired) electrons. The van der Waals surface area contributed by atoms with Gasteiger partial charge < -0.3 is 10.0 Å². The Labute approximate surface area is 158 Å². The van der Waals surface area contributed by atoms with Crippen molar-refractivity contribution in [3.63, 3.8) is 0 Å². The second-order valence-electron chi connectivity index (χ2n) is 5.94. The van der Waals surface area contributed by atoms with Crippen LogP contribution >= 0.6 is 22.7 Å². The van der Waals surface area contributed by atoms with Crippen molar-refractivity contribution in [2.45, 2.75) is 17.1 Å². The third-order valence-electron chi connectivity index (χ3n) is 4.09. The highest BCUT2D eigenvalue weighted by molar-refractivity contribution is 7.94. The van der Waals surface area contributed by atoms with Crippen LogP contribution in [0.5, 0.6) is 0 Å². The van der Waals surface area contributed by atoms with Crippen molar-refractivity contribution < 1.29 is 18.3 Å². The zero-order chi connectivity index (χ0) is 18.3. The highest BCUT2D eigenvalue weighted by atomic mass is 32.2. The summed E-state index contributed by atoms with van der Waals surface area (Å²) in [5, 5.41) is 11.2. The number of thiophene rings is 1. The van der Waals surface area contributed by atoms with Gasteiger partial charge in [-0.05, 0) is 37.1 Å². The van der Waals surface area contributed by atoms with Crippen molar-refractivity contribution in [2.75, 3.05) is 22.7 Å². The number of aromatic carboxylic acids is 1. The number of sulfonamides is 1. The Bertz CT molecular complexity index is 1080. The summed E-state index contributed by atoms with van der Waals surface area (Å²) in [6, 6.07) is 6.38. The van der Waals surface area contributed by atoms with Gasteiger partial charge in [-0.2, -0.15) is 0 Å². The maximum Gasteiger partial charge on any atom is 0.336 e. The summed E-state index contributed by atoms with van der Waals surface area (Å²) < 4.78 is 28.3. The van der Waals surface area contributed by atoms with Crippen LogP contribution < -0.4 is 9.62 Å². The van der Waals surface area contributed by atoms with Crippen molar-refractivity contribution >= 4 is 59.7 Å². The van der Waals surface area contributed by atoms with Gasteiger partial charge in [-0.25, -0.2) is 18.2 Å². The van der Waals surface area contributed by atoms with Gasteiger partial charge in [0.2, 0.25) is 0 Å². The number of benzene rings is 1. The quantitative estimate of drug-likeness (QED) is 0.669. The van der Waals surface area contributed by atoms with Crippen molar-refractivity contribution in [2.24, 2.45) is 0 Å². The molecule has 1 aromatic carbocycles.